The van der Waals surface area contributed by atoms with Crippen LogP contribution in [-0.2, 0) is 11.3 Å². The van der Waals surface area contributed by atoms with E-state index in [1.54, 1.807) is 24.3 Å². The first kappa shape index (κ1) is 19.4. The number of benzene rings is 2. The molecule has 30 heavy (non-hydrogen) atoms. The fourth-order valence-corrected chi connectivity index (χ4v) is 2.85. The molecule has 4 rings (SSSR count). The van der Waals surface area contributed by atoms with Gasteiger partial charge in [0.25, 0.3) is 5.56 Å². The van der Waals surface area contributed by atoms with Crippen LogP contribution in [0.5, 0.6) is 17.2 Å². The Bertz CT molecular complexity index is 1110. The van der Waals surface area contributed by atoms with Gasteiger partial charge in [0.1, 0.15) is 24.7 Å². The predicted molar refractivity (Wildman–Crippen MR) is 105 cm³/mol. The number of halogens is 1. The summed E-state index contributed by atoms with van der Waals surface area (Å²) in [5.74, 6) is 1.02. The summed E-state index contributed by atoms with van der Waals surface area (Å²) in [5, 5.41) is 6.93. The topological polar surface area (TPSA) is 91.7 Å². The van der Waals surface area contributed by atoms with Crippen molar-refractivity contribution in [3.8, 4) is 28.5 Å². The van der Waals surface area contributed by atoms with Crippen molar-refractivity contribution in [2.45, 2.75) is 6.54 Å². The lowest BCUT2D eigenvalue weighted by Gasteiger charge is -2.09. The second-order valence-corrected chi connectivity index (χ2v) is 6.43. The molecule has 3 aromatic rings. The van der Waals surface area contributed by atoms with Gasteiger partial charge >= 0.3 is 0 Å². The van der Waals surface area contributed by atoms with Gasteiger partial charge in [0.15, 0.2) is 11.5 Å². The summed E-state index contributed by atoms with van der Waals surface area (Å²) in [6.07, 6.45) is 0. The van der Waals surface area contributed by atoms with Crippen molar-refractivity contribution in [1.29, 1.82) is 0 Å². The summed E-state index contributed by atoms with van der Waals surface area (Å²) in [4.78, 5) is 24.3. The van der Waals surface area contributed by atoms with Crippen molar-refractivity contribution in [3.05, 3.63) is 70.8 Å². The number of nitrogens with zero attached hydrogens (tertiary/aromatic N) is 2. The highest BCUT2D eigenvalue weighted by Gasteiger charge is 2.15. The number of carbonyl (C=O) groups excluding carboxylic acids is 1. The van der Waals surface area contributed by atoms with Crippen LogP contribution in [0.3, 0.4) is 0 Å². The second-order valence-electron chi connectivity index (χ2n) is 6.43. The molecule has 2 heterocycles. The molecule has 0 saturated heterocycles. The van der Waals surface area contributed by atoms with Crippen molar-refractivity contribution >= 4 is 5.91 Å². The van der Waals surface area contributed by atoms with Gasteiger partial charge in [0.2, 0.25) is 12.7 Å². The molecule has 9 heteroatoms. The van der Waals surface area contributed by atoms with E-state index in [4.69, 9.17) is 14.2 Å². The number of amides is 1. The summed E-state index contributed by atoms with van der Waals surface area (Å²) >= 11 is 0. The van der Waals surface area contributed by atoms with Gasteiger partial charge in [-0.1, -0.05) is 0 Å². The highest BCUT2D eigenvalue weighted by atomic mass is 19.1. The minimum absolute atomic E-state index is 0.163. The molecular weight excluding hydrogens is 393 g/mol. The fourth-order valence-electron chi connectivity index (χ4n) is 2.85. The molecular formula is C21H18FN3O5. The van der Waals surface area contributed by atoms with Crippen LogP contribution in [0.1, 0.15) is 0 Å². The third-order valence-electron chi connectivity index (χ3n) is 4.33. The van der Waals surface area contributed by atoms with Crippen molar-refractivity contribution < 1.29 is 23.4 Å². The SMILES string of the molecule is O=C(Cn1nc(-c2ccc3c(c2)OCO3)ccc1=O)NCCOc1ccc(F)cc1. The third kappa shape index (κ3) is 4.57. The van der Waals surface area contributed by atoms with E-state index in [0.717, 1.165) is 10.2 Å². The molecule has 1 amide bonds. The molecule has 1 aliphatic rings. The predicted octanol–water partition coefficient (Wildman–Crippen LogP) is 1.97. The van der Waals surface area contributed by atoms with Crippen molar-refractivity contribution in [2.75, 3.05) is 19.9 Å². The lowest BCUT2D eigenvalue weighted by Crippen LogP contribution is -2.35. The molecule has 0 radical (unpaired) electrons. The normalized spacial score (nSPS) is 11.9. The summed E-state index contributed by atoms with van der Waals surface area (Å²) in [6.45, 7) is 0.369. The maximum Gasteiger partial charge on any atom is 0.267 e. The minimum Gasteiger partial charge on any atom is -0.492 e. The molecule has 0 spiro atoms. The molecule has 0 fully saturated rings. The Labute approximate surface area is 170 Å². The molecule has 0 aliphatic carbocycles. The average Bonchev–Trinajstić information content (AvgIpc) is 3.22. The van der Waals surface area contributed by atoms with Gasteiger partial charge in [-0.25, -0.2) is 9.07 Å². The van der Waals surface area contributed by atoms with E-state index >= 15 is 0 Å². The van der Waals surface area contributed by atoms with Crippen molar-refractivity contribution in [2.24, 2.45) is 0 Å². The Kier molecular flexibility index (Phi) is 5.60. The highest BCUT2D eigenvalue weighted by Crippen LogP contribution is 2.35. The van der Waals surface area contributed by atoms with Gasteiger partial charge in [-0.3, -0.25) is 9.59 Å². The average molecular weight is 411 g/mol. The second kappa shape index (κ2) is 8.64. The number of carbonyl (C=O) groups is 1. The Balaban J connectivity index is 1.34. The summed E-state index contributed by atoms with van der Waals surface area (Å²) in [6, 6.07) is 13.9. The Morgan fingerprint density at radius 3 is 2.73 bits per heavy atom. The van der Waals surface area contributed by atoms with Gasteiger partial charge in [0.05, 0.1) is 12.2 Å². The summed E-state index contributed by atoms with van der Waals surface area (Å²) in [5.41, 5.74) is 0.874. The molecule has 1 aliphatic heterocycles. The zero-order valence-corrected chi connectivity index (χ0v) is 15.8. The van der Waals surface area contributed by atoms with Crippen molar-refractivity contribution in [3.63, 3.8) is 0 Å². The molecule has 1 aromatic heterocycles. The Morgan fingerprint density at radius 1 is 1.10 bits per heavy atom. The number of nitrogens with one attached hydrogen (secondary N) is 1. The number of rotatable bonds is 7. The number of ether oxygens (including phenoxy) is 3. The van der Waals surface area contributed by atoms with E-state index in [2.05, 4.69) is 10.4 Å². The Morgan fingerprint density at radius 2 is 1.90 bits per heavy atom. The lowest BCUT2D eigenvalue weighted by atomic mass is 10.1. The van der Waals surface area contributed by atoms with Crippen LogP contribution < -0.4 is 25.1 Å². The molecule has 0 atom stereocenters. The van der Waals surface area contributed by atoms with Gasteiger partial charge in [0, 0.05) is 11.6 Å². The molecule has 1 N–H and O–H groups in total. The molecule has 0 saturated carbocycles. The largest absolute Gasteiger partial charge is 0.492 e. The van der Waals surface area contributed by atoms with E-state index < -0.39 is 5.56 Å². The lowest BCUT2D eigenvalue weighted by molar-refractivity contribution is -0.122. The number of hydrogen-bond acceptors (Lipinski definition) is 6. The fraction of sp³-hybridized carbons (Fsp3) is 0.190. The first-order valence-corrected chi connectivity index (χ1v) is 9.22. The summed E-state index contributed by atoms with van der Waals surface area (Å²) in [7, 11) is 0. The van der Waals surface area contributed by atoms with Crippen LogP contribution in [0.25, 0.3) is 11.3 Å². The summed E-state index contributed by atoms with van der Waals surface area (Å²) < 4.78 is 30.0. The van der Waals surface area contributed by atoms with Crippen LogP contribution in [0.2, 0.25) is 0 Å². The maximum absolute atomic E-state index is 12.9. The Hall–Kier alpha value is -3.88. The van der Waals surface area contributed by atoms with Crippen LogP contribution in [0, 0.1) is 5.82 Å². The molecule has 8 nitrogen and oxygen atoms in total. The monoisotopic (exact) mass is 411 g/mol. The number of aromatic nitrogens is 2. The molecule has 154 valence electrons. The molecule has 0 bridgehead atoms. The van der Waals surface area contributed by atoms with E-state index in [0.29, 0.717) is 22.9 Å². The minimum atomic E-state index is -0.391. The standard InChI is InChI=1S/C21H18FN3O5/c22-15-2-4-16(5-3-15)28-10-9-23-20(26)12-25-21(27)8-6-17(24-25)14-1-7-18-19(11-14)30-13-29-18/h1-8,11H,9-10,12-13H2,(H,23,26). The molecule has 2 aromatic carbocycles. The van der Waals surface area contributed by atoms with E-state index in [1.807, 2.05) is 0 Å². The van der Waals surface area contributed by atoms with Crippen molar-refractivity contribution in [1.82, 2.24) is 15.1 Å². The maximum atomic E-state index is 12.9. The highest BCUT2D eigenvalue weighted by molar-refractivity contribution is 5.75. The van der Waals surface area contributed by atoms with Gasteiger partial charge in [-0.05, 0) is 48.5 Å². The van der Waals surface area contributed by atoms with Gasteiger partial charge < -0.3 is 19.5 Å². The van der Waals surface area contributed by atoms with E-state index in [-0.39, 0.29) is 38.2 Å². The zero-order valence-electron chi connectivity index (χ0n) is 15.8. The van der Waals surface area contributed by atoms with Crippen LogP contribution >= 0.6 is 0 Å². The zero-order chi connectivity index (χ0) is 20.9. The number of fused-ring (bicyclic) bond motifs is 1. The first-order chi connectivity index (χ1) is 14.6. The molecule has 0 unspecified atom stereocenters. The third-order valence-corrected chi connectivity index (χ3v) is 4.33. The first-order valence-electron chi connectivity index (χ1n) is 9.22. The smallest absolute Gasteiger partial charge is 0.267 e. The van der Waals surface area contributed by atoms with E-state index in [1.165, 1.54) is 30.3 Å². The van der Waals surface area contributed by atoms with Gasteiger partial charge in [-0.15, -0.1) is 0 Å². The quantitative estimate of drug-likeness (QED) is 0.598. The number of hydrogen-bond donors (Lipinski definition) is 1. The van der Waals surface area contributed by atoms with Crippen LogP contribution in [0.15, 0.2) is 59.4 Å². The van der Waals surface area contributed by atoms with Crippen LogP contribution in [-0.4, -0.2) is 35.6 Å². The van der Waals surface area contributed by atoms with Gasteiger partial charge in [-0.2, -0.15) is 5.10 Å². The van der Waals surface area contributed by atoms with E-state index in [9.17, 15) is 14.0 Å². The van der Waals surface area contributed by atoms with Crippen LogP contribution in [0.4, 0.5) is 4.39 Å².